The molecule has 0 spiro atoms. The predicted octanol–water partition coefficient (Wildman–Crippen LogP) is 5.45. The maximum Gasteiger partial charge on any atom is 0.407 e. The summed E-state index contributed by atoms with van der Waals surface area (Å²) in [6.07, 6.45) is 1.48. The number of ether oxygens (including phenoxy) is 1. The summed E-state index contributed by atoms with van der Waals surface area (Å²) in [6.45, 7) is 11.2. The van der Waals surface area contributed by atoms with Crippen LogP contribution in [0.5, 0.6) is 0 Å². The molecule has 4 nitrogen and oxygen atoms in total. The van der Waals surface area contributed by atoms with Crippen molar-refractivity contribution in [3.63, 3.8) is 0 Å². The first-order valence-electron chi connectivity index (χ1n) is 7.76. The third-order valence-corrected chi connectivity index (χ3v) is 6.91. The largest absolute Gasteiger partial charge is 0.444 e. The topological polar surface area (TPSA) is 50.4 Å². The summed E-state index contributed by atoms with van der Waals surface area (Å²) in [7, 11) is 0. The summed E-state index contributed by atoms with van der Waals surface area (Å²) in [6, 6.07) is 2.11. The Kier molecular flexibility index (Phi) is 8.04. The van der Waals surface area contributed by atoms with Crippen LogP contribution in [-0.2, 0) is 11.3 Å². The molecule has 0 fully saturated rings. The summed E-state index contributed by atoms with van der Waals surface area (Å²) < 4.78 is 7.49. The van der Waals surface area contributed by atoms with Crippen LogP contribution in [0.15, 0.2) is 14.3 Å². The minimum Gasteiger partial charge on any atom is -0.444 e. The van der Waals surface area contributed by atoms with E-state index >= 15 is 0 Å². The fourth-order valence-electron chi connectivity index (χ4n) is 2.12. The van der Waals surface area contributed by atoms with E-state index in [9.17, 15) is 4.79 Å². The normalized spacial score (nSPS) is 12.3. The molecule has 0 aromatic carbocycles. The van der Waals surface area contributed by atoms with E-state index in [2.05, 4.69) is 62.4 Å². The van der Waals surface area contributed by atoms with E-state index in [0.29, 0.717) is 6.54 Å². The van der Waals surface area contributed by atoms with Gasteiger partial charge in [0.2, 0.25) is 0 Å². The van der Waals surface area contributed by atoms with Crippen LogP contribution < -0.4 is 10.6 Å². The molecule has 0 aliphatic carbocycles. The SMILES string of the molecule is CCC(CC)(CNC(=O)OC(C)(C)C)NCc1cc(Br)c(Br)s1. The Bertz CT molecular complexity index is 503. The van der Waals surface area contributed by atoms with Crippen LogP contribution in [0.25, 0.3) is 0 Å². The minimum atomic E-state index is -0.478. The van der Waals surface area contributed by atoms with E-state index in [4.69, 9.17) is 4.74 Å². The number of carbonyl (C=O) groups is 1. The van der Waals surface area contributed by atoms with Crippen LogP contribution in [-0.4, -0.2) is 23.8 Å². The van der Waals surface area contributed by atoms with Gasteiger partial charge in [-0.3, -0.25) is 0 Å². The molecule has 7 heteroatoms. The van der Waals surface area contributed by atoms with Gasteiger partial charge in [-0.25, -0.2) is 4.79 Å². The zero-order valence-electron chi connectivity index (χ0n) is 14.4. The number of halogens is 2. The van der Waals surface area contributed by atoms with Crippen LogP contribution >= 0.6 is 43.2 Å². The van der Waals surface area contributed by atoms with Crippen molar-refractivity contribution in [2.45, 2.75) is 65.1 Å². The van der Waals surface area contributed by atoms with Gasteiger partial charge in [-0.15, -0.1) is 11.3 Å². The zero-order valence-corrected chi connectivity index (χ0v) is 18.4. The highest BCUT2D eigenvalue weighted by molar-refractivity contribution is 9.13. The van der Waals surface area contributed by atoms with Crippen LogP contribution in [0.4, 0.5) is 4.79 Å². The standard InChI is InChI=1S/C16H26Br2N2O2S/c1-6-16(7-2,10-19-14(21)22-15(3,4)5)20-9-11-8-12(17)13(18)23-11/h8,20H,6-7,9-10H2,1-5H3,(H,19,21). The van der Waals surface area contributed by atoms with Crippen molar-refractivity contribution < 1.29 is 9.53 Å². The second-order valence-electron chi connectivity index (χ2n) is 6.53. The summed E-state index contributed by atoms with van der Waals surface area (Å²) in [5.41, 5.74) is -0.617. The Morgan fingerprint density at radius 2 is 1.87 bits per heavy atom. The molecule has 0 saturated carbocycles. The first-order valence-corrected chi connectivity index (χ1v) is 10.2. The zero-order chi connectivity index (χ0) is 17.7. The van der Waals surface area contributed by atoms with Gasteiger partial charge in [-0.1, -0.05) is 13.8 Å². The Hall–Kier alpha value is -0.110. The Balaban J connectivity index is 2.62. The summed E-state index contributed by atoms with van der Waals surface area (Å²) >= 11 is 8.73. The van der Waals surface area contributed by atoms with Gasteiger partial charge in [0.05, 0.1) is 3.79 Å². The van der Waals surface area contributed by atoms with Crippen molar-refractivity contribution in [2.75, 3.05) is 6.54 Å². The van der Waals surface area contributed by atoms with E-state index in [-0.39, 0.29) is 11.6 Å². The van der Waals surface area contributed by atoms with Crippen LogP contribution in [0.3, 0.4) is 0 Å². The molecule has 0 atom stereocenters. The van der Waals surface area contributed by atoms with Gasteiger partial charge in [0.15, 0.2) is 0 Å². The molecule has 23 heavy (non-hydrogen) atoms. The van der Waals surface area contributed by atoms with E-state index in [1.807, 2.05) is 20.8 Å². The lowest BCUT2D eigenvalue weighted by Gasteiger charge is -2.33. The van der Waals surface area contributed by atoms with E-state index in [1.54, 1.807) is 11.3 Å². The van der Waals surface area contributed by atoms with Crippen molar-refractivity contribution >= 4 is 49.3 Å². The first kappa shape index (κ1) is 20.9. The fourth-order valence-corrected chi connectivity index (χ4v) is 4.24. The molecule has 0 bridgehead atoms. The second-order valence-corrected chi connectivity index (χ2v) is 9.84. The molecule has 1 amide bonds. The lowest BCUT2D eigenvalue weighted by molar-refractivity contribution is 0.0507. The predicted molar refractivity (Wildman–Crippen MR) is 104 cm³/mol. The van der Waals surface area contributed by atoms with E-state index in [0.717, 1.165) is 27.6 Å². The molecule has 2 N–H and O–H groups in total. The van der Waals surface area contributed by atoms with Gasteiger partial charge in [0, 0.05) is 28.0 Å². The third-order valence-electron chi connectivity index (χ3n) is 3.66. The Labute approximate surface area is 160 Å². The number of amides is 1. The molecule has 132 valence electrons. The molecule has 0 aliphatic heterocycles. The third kappa shape index (κ3) is 7.11. The first-order chi connectivity index (χ1) is 10.6. The molecular formula is C16H26Br2N2O2S. The van der Waals surface area contributed by atoms with E-state index < -0.39 is 5.60 Å². The van der Waals surface area contributed by atoms with Crippen molar-refractivity contribution in [1.29, 1.82) is 0 Å². The average Bonchev–Trinajstić information content (AvgIpc) is 2.77. The monoisotopic (exact) mass is 468 g/mol. The molecule has 0 radical (unpaired) electrons. The Morgan fingerprint density at radius 3 is 2.30 bits per heavy atom. The van der Waals surface area contributed by atoms with Crippen LogP contribution in [0.1, 0.15) is 52.3 Å². The molecular weight excluding hydrogens is 444 g/mol. The molecule has 1 aromatic rings. The average molecular weight is 470 g/mol. The number of hydrogen-bond acceptors (Lipinski definition) is 4. The smallest absolute Gasteiger partial charge is 0.407 e. The highest BCUT2D eigenvalue weighted by Gasteiger charge is 2.27. The molecule has 1 aromatic heterocycles. The molecule has 1 heterocycles. The van der Waals surface area contributed by atoms with Crippen molar-refractivity contribution in [2.24, 2.45) is 0 Å². The quantitative estimate of drug-likeness (QED) is 0.558. The molecule has 0 saturated heterocycles. The molecule has 0 aliphatic rings. The minimum absolute atomic E-state index is 0.139. The van der Waals surface area contributed by atoms with Gasteiger partial charge in [-0.2, -0.15) is 0 Å². The number of hydrogen-bond donors (Lipinski definition) is 2. The molecule has 1 rings (SSSR count). The molecule has 0 unspecified atom stereocenters. The number of nitrogens with one attached hydrogen (secondary N) is 2. The number of thiophene rings is 1. The van der Waals surface area contributed by atoms with E-state index in [1.165, 1.54) is 4.88 Å². The van der Waals surface area contributed by atoms with Gasteiger partial charge >= 0.3 is 6.09 Å². The summed E-state index contributed by atoms with van der Waals surface area (Å²) in [5, 5.41) is 6.50. The van der Waals surface area contributed by atoms with Gasteiger partial charge in [0.1, 0.15) is 5.60 Å². The maximum absolute atomic E-state index is 11.9. The van der Waals surface area contributed by atoms with Gasteiger partial charge in [0.25, 0.3) is 0 Å². The van der Waals surface area contributed by atoms with Crippen LogP contribution in [0, 0.1) is 0 Å². The number of carbonyl (C=O) groups excluding carboxylic acids is 1. The highest BCUT2D eigenvalue weighted by Crippen LogP contribution is 2.32. The second kappa shape index (κ2) is 8.83. The van der Waals surface area contributed by atoms with Gasteiger partial charge < -0.3 is 15.4 Å². The summed E-state index contributed by atoms with van der Waals surface area (Å²) in [5.74, 6) is 0. The lowest BCUT2D eigenvalue weighted by Crippen LogP contribution is -2.53. The highest BCUT2D eigenvalue weighted by atomic mass is 79.9. The van der Waals surface area contributed by atoms with Gasteiger partial charge in [-0.05, 0) is 71.5 Å². The van der Waals surface area contributed by atoms with Crippen LogP contribution in [0.2, 0.25) is 0 Å². The number of rotatable bonds is 7. The number of alkyl carbamates (subject to hydrolysis) is 1. The lowest BCUT2D eigenvalue weighted by atomic mass is 9.92. The van der Waals surface area contributed by atoms with Crippen molar-refractivity contribution in [3.05, 3.63) is 19.2 Å². The fraction of sp³-hybridized carbons (Fsp3) is 0.688. The Morgan fingerprint density at radius 1 is 1.26 bits per heavy atom. The maximum atomic E-state index is 11.9. The summed E-state index contributed by atoms with van der Waals surface area (Å²) in [4.78, 5) is 13.1. The van der Waals surface area contributed by atoms with Crippen molar-refractivity contribution in [1.82, 2.24) is 10.6 Å². The van der Waals surface area contributed by atoms with Crippen molar-refractivity contribution in [3.8, 4) is 0 Å².